The first kappa shape index (κ1) is 13.6. The second kappa shape index (κ2) is 5.64. The number of rotatable bonds is 4. The maximum atomic E-state index is 14.3. The van der Waals surface area contributed by atoms with Gasteiger partial charge in [0.1, 0.15) is 5.82 Å². The molecule has 1 aliphatic rings. The predicted molar refractivity (Wildman–Crippen MR) is 79.6 cm³/mol. The van der Waals surface area contributed by atoms with Crippen LogP contribution < -0.4 is 0 Å². The number of benzene rings is 1. The second-order valence-electron chi connectivity index (χ2n) is 5.23. The number of nitrogens with zero attached hydrogens (tertiary/aromatic N) is 6. The predicted octanol–water partition coefficient (Wildman–Crippen LogP) is 1.80. The van der Waals surface area contributed by atoms with Crippen molar-refractivity contribution in [3.05, 3.63) is 60.7 Å². The van der Waals surface area contributed by atoms with E-state index in [-0.39, 0.29) is 11.9 Å². The Hall–Kier alpha value is -3.03. The lowest BCUT2D eigenvalue weighted by molar-refractivity contribution is 0.0693. The van der Waals surface area contributed by atoms with Crippen LogP contribution in [0.3, 0.4) is 0 Å². The van der Waals surface area contributed by atoms with Crippen LogP contribution in [0.4, 0.5) is 4.39 Å². The molecule has 1 aromatic carbocycles. The van der Waals surface area contributed by atoms with Crippen molar-refractivity contribution < 1.29 is 9.23 Å². The van der Waals surface area contributed by atoms with Gasteiger partial charge in [0, 0.05) is 30.6 Å². The van der Waals surface area contributed by atoms with Crippen molar-refractivity contribution in [1.82, 2.24) is 24.5 Å². The molecule has 7 nitrogen and oxygen atoms in total. The average molecular weight is 312 g/mol. The molecular weight excluding hydrogens is 299 g/mol. The summed E-state index contributed by atoms with van der Waals surface area (Å²) >= 11 is 0. The summed E-state index contributed by atoms with van der Waals surface area (Å²) < 4.78 is 17.6. The Labute approximate surface area is 131 Å². The Bertz CT molecular complexity index is 828. The lowest BCUT2D eigenvalue weighted by Gasteiger charge is -2.08. The summed E-state index contributed by atoms with van der Waals surface area (Å²) in [6.07, 6.45) is 8.72. The highest BCUT2D eigenvalue weighted by molar-refractivity contribution is 6.01. The summed E-state index contributed by atoms with van der Waals surface area (Å²) in [7, 11) is 0. The number of halogens is 1. The van der Waals surface area contributed by atoms with E-state index in [1.807, 2.05) is 6.07 Å². The summed E-state index contributed by atoms with van der Waals surface area (Å²) in [6, 6.07) is 5.01. The van der Waals surface area contributed by atoms with Gasteiger partial charge in [-0.2, -0.15) is 0 Å². The summed E-state index contributed by atoms with van der Waals surface area (Å²) in [6.45, 7) is 0.558. The Kier molecular flexibility index (Phi) is 3.34. The van der Waals surface area contributed by atoms with Crippen LogP contribution in [-0.4, -0.2) is 36.4 Å². The fraction of sp³-hybridized carbons (Fsp3) is 0.200. The molecule has 0 amide bonds. The smallest absolute Gasteiger partial charge is 0.152 e. The first-order chi connectivity index (χ1) is 11.3. The quantitative estimate of drug-likeness (QED) is 0.736. The van der Waals surface area contributed by atoms with Gasteiger partial charge in [0.05, 0.1) is 30.5 Å². The van der Waals surface area contributed by atoms with Gasteiger partial charge >= 0.3 is 0 Å². The van der Waals surface area contributed by atoms with E-state index in [4.69, 9.17) is 4.84 Å². The van der Waals surface area contributed by atoms with Crippen molar-refractivity contribution in [3.63, 3.8) is 0 Å². The summed E-state index contributed by atoms with van der Waals surface area (Å²) in [5.41, 5.74) is 1.89. The van der Waals surface area contributed by atoms with Gasteiger partial charge in [-0.05, 0) is 12.1 Å². The van der Waals surface area contributed by atoms with E-state index in [2.05, 4.69) is 20.5 Å². The largest absolute Gasteiger partial charge is 0.390 e. The molecule has 0 aliphatic carbocycles. The first-order valence-corrected chi connectivity index (χ1v) is 7.14. The molecule has 3 aromatic rings. The average Bonchev–Trinajstić information content (AvgIpc) is 3.30. The fourth-order valence-corrected chi connectivity index (χ4v) is 2.53. The monoisotopic (exact) mass is 312 g/mol. The Balaban J connectivity index is 1.50. The summed E-state index contributed by atoms with van der Waals surface area (Å²) in [4.78, 5) is 9.32. The van der Waals surface area contributed by atoms with E-state index in [0.717, 1.165) is 5.71 Å². The highest BCUT2D eigenvalue weighted by Crippen LogP contribution is 2.21. The van der Waals surface area contributed by atoms with Gasteiger partial charge in [-0.15, -0.1) is 5.10 Å². The van der Waals surface area contributed by atoms with Crippen LogP contribution in [0.15, 0.2) is 54.5 Å². The minimum atomic E-state index is -0.331. The molecule has 0 bridgehead atoms. The molecule has 0 spiro atoms. The van der Waals surface area contributed by atoms with Gasteiger partial charge in [0.25, 0.3) is 0 Å². The highest BCUT2D eigenvalue weighted by atomic mass is 19.1. The Morgan fingerprint density at radius 2 is 2.22 bits per heavy atom. The number of hydrogen-bond donors (Lipinski definition) is 0. The molecule has 116 valence electrons. The van der Waals surface area contributed by atoms with Crippen LogP contribution in [0.5, 0.6) is 0 Å². The van der Waals surface area contributed by atoms with Crippen LogP contribution in [0, 0.1) is 5.82 Å². The molecule has 0 saturated carbocycles. The van der Waals surface area contributed by atoms with Crippen LogP contribution in [0.1, 0.15) is 12.0 Å². The lowest BCUT2D eigenvalue weighted by atomic mass is 10.0. The third-order valence-corrected chi connectivity index (χ3v) is 3.66. The first-order valence-electron chi connectivity index (χ1n) is 7.14. The minimum Gasteiger partial charge on any atom is -0.390 e. The molecule has 0 fully saturated rings. The van der Waals surface area contributed by atoms with Gasteiger partial charge in [-0.1, -0.05) is 16.4 Å². The molecule has 8 heteroatoms. The van der Waals surface area contributed by atoms with Crippen molar-refractivity contribution >= 4 is 5.71 Å². The zero-order valence-corrected chi connectivity index (χ0v) is 12.1. The standard InChI is InChI=1S/C15H13FN6O/c16-13-7-11(1-2-15(13)21-5-3-17-10-21)14-8-12(23-19-14)9-22-6-4-18-20-22/h1-7,10,12H,8-9H2/t12-/m0/s1. The van der Waals surface area contributed by atoms with Crippen molar-refractivity contribution in [2.45, 2.75) is 19.1 Å². The summed E-state index contributed by atoms with van der Waals surface area (Å²) in [5.74, 6) is -0.331. The SMILES string of the molecule is Fc1cc(C2=NO[C@H](Cn3ccnn3)C2)ccc1-n1ccnc1. The number of imidazole rings is 1. The minimum absolute atomic E-state index is 0.122. The molecule has 1 atom stereocenters. The molecular formula is C15H13FN6O. The fourth-order valence-electron chi connectivity index (χ4n) is 2.53. The van der Waals surface area contributed by atoms with Crippen molar-refractivity contribution in [2.75, 3.05) is 0 Å². The third-order valence-electron chi connectivity index (χ3n) is 3.66. The maximum absolute atomic E-state index is 14.3. The zero-order valence-electron chi connectivity index (χ0n) is 12.1. The van der Waals surface area contributed by atoms with Crippen LogP contribution >= 0.6 is 0 Å². The summed E-state index contributed by atoms with van der Waals surface area (Å²) in [5, 5.41) is 11.7. The normalized spacial score (nSPS) is 17.1. The molecule has 0 unspecified atom stereocenters. The van der Waals surface area contributed by atoms with Crippen molar-refractivity contribution in [2.24, 2.45) is 5.16 Å². The molecule has 1 aliphatic heterocycles. The molecule has 23 heavy (non-hydrogen) atoms. The van der Waals surface area contributed by atoms with E-state index in [9.17, 15) is 4.39 Å². The second-order valence-corrected chi connectivity index (χ2v) is 5.23. The molecule has 0 N–H and O–H groups in total. The number of hydrogen-bond acceptors (Lipinski definition) is 5. The van der Waals surface area contributed by atoms with E-state index >= 15 is 0 Å². The van der Waals surface area contributed by atoms with Crippen LogP contribution in [0.25, 0.3) is 5.69 Å². The molecule has 3 heterocycles. The van der Waals surface area contributed by atoms with Crippen LogP contribution in [0.2, 0.25) is 0 Å². The zero-order chi connectivity index (χ0) is 15.6. The van der Waals surface area contributed by atoms with E-state index in [1.54, 1.807) is 46.4 Å². The highest BCUT2D eigenvalue weighted by Gasteiger charge is 2.23. The lowest BCUT2D eigenvalue weighted by Crippen LogP contribution is -2.17. The topological polar surface area (TPSA) is 70.1 Å². The molecule has 0 radical (unpaired) electrons. The van der Waals surface area contributed by atoms with E-state index in [1.165, 1.54) is 6.07 Å². The maximum Gasteiger partial charge on any atom is 0.152 e. The van der Waals surface area contributed by atoms with Crippen LogP contribution in [-0.2, 0) is 11.4 Å². The number of oxime groups is 1. The molecule has 4 rings (SSSR count). The van der Waals surface area contributed by atoms with Gasteiger partial charge in [-0.3, -0.25) is 0 Å². The van der Waals surface area contributed by atoms with Crippen molar-refractivity contribution in [3.8, 4) is 5.69 Å². The van der Waals surface area contributed by atoms with Gasteiger partial charge in [0.2, 0.25) is 0 Å². The van der Waals surface area contributed by atoms with Gasteiger partial charge in [0.15, 0.2) is 6.10 Å². The Morgan fingerprint density at radius 1 is 1.26 bits per heavy atom. The van der Waals surface area contributed by atoms with Gasteiger partial charge in [-0.25, -0.2) is 14.1 Å². The number of aromatic nitrogens is 5. The molecule has 0 saturated heterocycles. The molecule has 2 aromatic heterocycles. The van der Waals surface area contributed by atoms with E-state index < -0.39 is 0 Å². The Morgan fingerprint density at radius 3 is 2.96 bits per heavy atom. The van der Waals surface area contributed by atoms with E-state index in [0.29, 0.717) is 24.2 Å². The third kappa shape index (κ3) is 2.70. The van der Waals surface area contributed by atoms with Crippen molar-refractivity contribution in [1.29, 1.82) is 0 Å². The van der Waals surface area contributed by atoms with Gasteiger partial charge < -0.3 is 9.40 Å².